The van der Waals surface area contributed by atoms with Crippen molar-refractivity contribution in [2.24, 2.45) is 11.7 Å². The molecule has 66 valence electrons. The highest BCUT2D eigenvalue weighted by Gasteiger charge is 2.32. The quantitative estimate of drug-likeness (QED) is 0.772. The number of rotatable bonds is 3. The maximum absolute atomic E-state index is 6.05. The van der Waals surface area contributed by atoms with Gasteiger partial charge in [-0.2, -0.15) is 0 Å². The summed E-state index contributed by atoms with van der Waals surface area (Å²) < 4.78 is 3.94. The van der Waals surface area contributed by atoms with E-state index in [1.807, 2.05) is 0 Å². The summed E-state index contributed by atoms with van der Waals surface area (Å²) in [7, 11) is 0. The largest absolute Gasteiger partial charge is 0.323 e. The topological polar surface area (TPSA) is 51.8 Å². The van der Waals surface area contributed by atoms with E-state index in [4.69, 9.17) is 5.73 Å². The Bertz CT molecular complexity index is 267. The summed E-state index contributed by atoms with van der Waals surface area (Å²) in [6, 6.07) is 0.208. The van der Waals surface area contributed by atoms with Gasteiger partial charge in [-0.3, -0.25) is 0 Å². The van der Waals surface area contributed by atoms with Crippen molar-refractivity contribution in [1.29, 1.82) is 0 Å². The van der Waals surface area contributed by atoms with Crippen LogP contribution in [-0.4, -0.2) is 9.59 Å². The van der Waals surface area contributed by atoms with Crippen LogP contribution in [0, 0.1) is 5.92 Å². The van der Waals surface area contributed by atoms with Crippen LogP contribution in [-0.2, 0) is 6.42 Å². The van der Waals surface area contributed by atoms with Crippen LogP contribution in [0.3, 0.4) is 0 Å². The van der Waals surface area contributed by atoms with Crippen molar-refractivity contribution >= 4 is 11.5 Å². The minimum Gasteiger partial charge on any atom is -0.323 e. The first-order valence-electron chi connectivity index (χ1n) is 4.39. The van der Waals surface area contributed by atoms with Gasteiger partial charge in [0.25, 0.3) is 0 Å². The molecule has 1 atom stereocenters. The van der Waals surface area contributed by atoms with Crippen molar-refractivity contribution in [2.75, 3.05) is 0 Å². The number of hydrogen-bond donors (Lipinski definition) is 1. The molecule has 1 saturated carbocycles. The lowest BCUT2D eigenvalue weighted by Crippen LogP contribution is -2.12. The molecule has 1 aliphatic carbocycles. The standard InChI is InChI=1S/C8H13N3S/c1-2-6-8(12-11-10-6)7(9)5-3-4-5/h5,7H,2-4,9H2,1H3. The van der Waals surface area contributed by atoms with Gasteiger partial charge < -0.3 is 5.73 Å². The second-order valence-corrected chi connectivity index (χ2v) is 4.09. The number of nitrogens with two attached hydrogens (primary N) is 1. The minimum absolute atomic E-state index is 0.208. The average Bonchev–Trinajstić information content (AvgIpc) is 2.82. The summed E-state index contributed by atoms with van der Waals surface area (Å²) in [5, 5.41) is 4.05. The van der Waals surface area contributed by atoms with Crippen LogP contribution in [0.5, 0.6) is 0 Å². The summed E-state index contributed by atoms with van der Waals surface area (Å²) in [4.78, 5) is 1.21. The highest BCUT2D eigenvalue weighted by molar-refractivity contribution is 7.05. The Kier molecular flexibility index (Phi) is 2.11. The first kappa shape index (κ1) is 8.13. The Morgan fingerprint density at radius 3 is 3.00 bits per heavy atom. The van der Waals surface area contributed by atoms with E-state index in [9.17, 15) is 0 Å². The third kappa shape index (κ3) is 1.36. The van der Waals surface area contributed by atoms with Crippen molar-refractivity contribution < 1.29 is 0 Å². The van der Waals surface area contributed by atoms with Crippen molar-refractivity contribution in [2.45, 2.75) is 32.2 Å². The molecule has 3 nitrogen and oxygen atoms in total. The van der Waals surface area contributed by atoms with Gasteiger partial charge >= 0.3 is 0 Å². The molecule has 2 rings (SSSR count). The molecule has 1 fully saturated rings. The van der Waals surface area contributed by atoms with Crippen LogP contribution in [0.2, 0.25) is 0 Å². The number of aryl methyl sites for hydroxylation is 1. The van der Waals surface area contributed by atoms with Crippen LogP contribution < -0.4 is 5.73 Å². The zero-order valence-electron chi connectivity index (χ0n) is 7.16. The monoisotopic (exact) mass is 183 g/mol. The molecule has 12 heavy (non-hydrogen) atoms. The van der Waals surface area contributed by atoms with Gasteiger partial charge in [-0.1, -0.05) is 11.4 Å². The molecule has 0 bridgehead atoms. The highest BCUT2D eigenvalue weighted by atomic mass is 32.1. The Morgan fingerprint density at radius 2 is 2.42 bits per heavy atom. The van der Waals surface area contributed by atoms with Gasteiger partial charge in [-0.15, -0.1) is 5.10 Å². The number of aromatic nitrogens is 2. The van der Waals surface area contributed by atoms with Gasteiger partial charge in [0, 0.05) is 6.04 Å². The lowest BCUT2D eigenvalue weighted by atomic mass is 10.1. The summed E-state index contributed by atoms with van der Waals surface area (Å²) in [6.07, 6.45) is 3.51. The Hall–Kier alpha value is -0.480. The van der Waals surface area contributed by atoms with Gasteiger partial charge in [0.2, 0.25) is 0 Å². The molecule has 1 aromatic heterocycles. The van der Waals surface area contributed by atoms with Crippen LogP contribution in [0.4, 0.5) is 0 Å². The SMILES string of the molecule is CCc1nnsc1C(N)C1CC1. The van der Waals surface area contributed by atoms with E-state index in [-0.39, 0.29) is 6.04 Å². The lowest BCUT2D eigenvalue weighted by molar-refractivity contribution is 0.636. The van der Waals surface area contributed by atoms with Crippen molar-refractivity contribution in [3.63, 3.8) is 0 Å². The fourth-order valence-electron chi connectivity index (χ4n) is 1.38. The fraction of sp³-hybridized carbons (Fsp3) is 0.750. The van der Waals surface area contributed by atoms with Gasteiger partial charge in [-0.25, -0.2) is 0 Å². The molecule has 1 aliphatic rings. The van der Waals surface area contributed by atoms with Crippen molar-refractivity contribution in [1.82, 2.24) is 9.59 Å². The maximum atomic E-state index is 6.05. The van der Waals surface area contributed by atoms with Crippen molar-refractivity contribution in [3.8, 4) is 0 Å². The van der Waals surface area contributed by atoms with Crippen LogP contribution in [0.25, 0.3) is 0 Å². The summed E-state index contributed by atoms with van der Waals surface area (Å²) in [6.45, 7) is 2.10. The second-order valence-electron chi connectivity index (χ2n) is 3.30. The molecule has 0 radical (unpaired) electrons. The Morgan fingerprint density at radius 1 is 1.67 bits per heavy atom. The van der Waals surface area contributed by atoms with Gasteiger partial charge in [0.05, 0.1) is 10.6 Å². The van der Waals surface area contributed by atoms with E-state index < -0.39 is 0 Å². The first-order valence-corrected chi connectivity index (χ1v) is 5.17. The molecule has 1 aromatic rings. The molecule has 0 aliphatic heterocycles. The third-order valence-corrected chi connectivity index (χ3v) is 3.22. The van der Waals surface area contributed by atoms with Gasteiger partial charge in [-0.05, 0) is 36.7 Å². The first-order chi connectivity index (χ1) is 5.83. The summed E-state index contributed by atoms with van der Waals surface area (Å²) >= 11 is 1.46. The van der Waals surface area contributed by atoms with Gasteiger partial charge in [0.1, 0.15) is 0 Å². The van der Waals surface area contributed by atoms with E-state index in [1.54, 1.807) is 0 Å². The maximum Gasteiger partial charge on any atom is 0.0801 e. The lowest BCUT2D eigenvalue weighted by Gasteiger charge is -2.07. The van der Waals surface area contributed by atoms with E-state index in [2.05, 4.69) is 16.5 Å². The van der Waals surface area contributed by atoms with E-state index in [0.29, 0.717) is 5.92 Å². The Balaban J connectivity index is 2.19. The van der Waals surface area contributed by atoms with E-state index in [1.165, 1.54) is 29.3 Å². The highest BCUT2D eigenvalue weighted by Crippen LogP contribution is 2.41. The predicted octanol–water partition coefficient (Wildman–Crippen LogP) is 1.51. The van der Waals surface area contributed by atoms with E-state index in [0.717, 1.165) is 12.1 Å². The van der Waals surface area contributed by atoms with Crippen LogP contribution >= 0.6 is 11.5 Å². The molecule has 0 amide bonds. The normalized spacial score (nSPS) is 19.5. The Labute approximate surface area is 76.1 Å². The summed E-state index contributed by atoms with van der Waals surface area (Å²) in [5.74, 6) is 0.706. The molecular weight excluding hydrogens is 170 g/mol. The second kappa shape index (κ2) is 3.11. The van der Waals surface area contributed by atoms with Crippen LogP contribution in [0.1, 0.15) is 36.4 Å². The molecule has 0 spiro atoms. The number of nitrogens with zero attached hydrogens (tertiary/aromatic N) is 2. The zero-order chi connectivity index (χ0) is 8.55. The zero-order valence-corrected chi connectivity index (χ0v) is 7.97. The van der Waals surface area contributed by atoms with Crippen molar-refractivity contribution in [3.05, 3.63) is 10.6 Å². The van der Waals surface area contributed by atoms with Crippen LogP contribution in [0.15, 0.2) is 0 Å². The molecule has 1 heterocycles. The molecule has 1 unspecified atom stereocenters. The van der Waals surface area contributed by atoms with E-state index >= 15 is 0 Å². The average molecular weight is 183 g/mol. The summed E-state index contributed by atoms with van der Waals surface area (Å²) in [5.41, 5.74) is 7.15. The molecule has 0 aromatic carbocycles. The molecule has 4 heteroatoms. The number of hydrogen-bond acceptors (Lipinski definition) is 4. The third-order valence-electron chi connectivity index (χ3n) is 2.35. The minimum atomic E-state index is 0.208. The molecular formula is C8H13N3S. The molecule has 0 saturated heterocycles. The van der Waals surface area contributed by atoms with Gasteiger partial charge in [0.15, 0.2) is 0 Å². The smallest absolute Gasteiger partial charge is 0.0801 e. The fourth-order valence-corrected chi connectivity index (χ4v) is 2.22. The predicted molar refractivity (Wildman–Crippen MR) is 48.9 cm³/mol. The molecule has 2 N–H and O–H groups in total.